The zero-order chi connectivity index (χ0) is 19.9. The number of carbonyl (C=O) groups is 2. The Balaban J connectivity index is 1.79. The minimum atomic E-state index is -0.235. The largest absolute Gasteiger partial charge is 0.345 e. The number of hydrogen-bond donors (Lipinski definition) is 2. The molecule has 2 N–H and O–H groups in total. The molecule has 0 fully saturated rings. The first-order valence-corrected chi connectivity index (χ1v) is 10.2. The molecule has 5 heteroatoms. The van der Waals surface area contributed by atoms with Gasteiger partial charge in [-0.05, 0) is 43.0 Å². The van der Waals surface area contributed by atoms with Gasteiger partial charge in [-0.2, -0.15) is 0 Å². The van der Waals surface area contributed by atoms with Crippen molar-refractivity contribution in [1.82, 2.24) is 5.32 Å². The molecule has 28 heavy (non-hydrogen) atoms. The van der Waals surface area contributed by atoms with Gasteiger partial charge in [0, 0.05) is 4.90 Å². The van der Waals surface area contributed by atoms with Crippen molar-refractivity contribution >= 4 is 29.3 Å². The first-order valence-electron chi connectivity index (χ1n) is 8.99. The molecule has 0 aliphatic heterocycles. The Hall–Kier alpha value is -3.05. The van der Waals surface area contributed by atoms with Gasteiger partial charge >= 0.3 is 0 Å². The minimum Gasteiger partial charge on any atom is -0.345 e. The lowest BCUT2D eigenvalue weighted by Crippen LogP contribution is -2.28. The summed E-state index contributed by atoms with van der Waals surface area (Å²) in [6.07, 6.45) is 1.93. The second-order valence-corrected chi connectivity index (χ2v) is 7.15. The molecule has 0 aliphatic carbocycles. The molecule has 0 aliphatic rings. The van der Waals surface area contributed by atoms with Crippen molar-refractivity contribution in [2.45, 2.75) is 17.9 Å². The number of hydrogen-bond acceptors (Lipinski definition) is 3. The molecule has 0 heterocycles. The van der Waals surface area contributed by atoms with E-state index in [1.807, 2.05) is 61.7 Å². The number of rotatable bonds is 6. The van der Waals surface area contributed by atoms with E-state index in [-0.39, 0.29) is 17.9 Å². The SMILES string of the molecule is CSc1ccccc1C(=O)Nc1ccccc1C(=O)N[C@H](C)c1ccccc1. The molecule has 0 aromatic heterocycles. The summed E-state index contributed by atoms with van der Waals surface area (Å²) in [6, 6.07) is 24.1. The summed E-state index contributed by atoms with van der Waals surface area (Å²) >= 11 is 1.51. The fourth-order valence-electron chi connectivity index (χ4n) is 2.91. The summed E-state index contributed by atoms with van der Waals surface area (Å²) in [5, 5.41) is 5.88. The average molecular weight is 391 g/mol. The number of thioether (sulfide) groups is 1. The number of amides is 2. The summed E-state index contributed by atoms with van der Waals surface area (Å²) in [5.74, 6) is -0.466. The van der Waals surface area contributed by atoms with Crippen LogP contribution in [0.5, 0.6) is 0 Å². The molecule has 3 rings (SSSR count). The van der Waals surface area contributed by atoms with E-state index < -0.39 is 0 Å². The third-order valence-electron chi connectivity index (χ3n) is 4.42. The maximum atomic E-state index is 12.8. The quantitative estimate of drug-likeness (QED) is 0.572. The summed E-state index contributed by atoms with van der Waals surface area (Å²) in [4.78, 5) is 26.5. The van der Waals surface area contributed by atoms with Gasteiger partial charge in [0.2, 0.25) is 0 Å². The van der Waals surface area contributed by atoms with Crippen LogP contribution in [0.25, 0.3) is 0 Å². The monoisotopic (exact) mass is 390 g/mol. The van der Waals surface area contributed by atoms with Gasteiger partial charge < -0.3 is 10.6 Å². The number of para-hydroxylation sites is 1. The van der Waals surface area contributed by atoms with Gasteiger partial charge in [0.05, 0.1) is 22.9 Å². The van der Waals surface area contributed by atoms with Crippen LogP contribution in [0.15, 0.2) is 83.8 Å². The first kappa shape index (κ1) is 19.7. The molecule has 0 saturated carbocycles. The predicted molar refractivity (Wildman–Crippen MR) is 115 cm³/mol. The van der Waals surface area contributed by atoms with E-state index in [0.717, 1.165) is 10.5 Å². The van der Waals surface area contributed by atoms with Crippen molar-refractivity contribution in [3.63, 3.8) is 0 Å². The molecule has 1 atom stereocenters. The summed E-state index contributed by atoms with van der Waals surface area (Å²) in [7, 11) is 0. The highest BCUT2D eigenvalue weighted by Gasteiger charge is 2.17. The van der Waals surface area contributed by atoms with Crippen LogP contribution in [0.3, 0.4) is 0 Å². The number of benzene rings is 3. The van der Waals surface area contributed by atoms with Crippen LogP contribution < -0.4 is 10.6 Å². The van der Waals surface area contributed by atoms with Crippen LogP contribution in [0.4, 0.5) is 5.69 Å². The van der Waals surface area contributed by atoms with Crippen molar-refractivity contribution in [2.75, 3.05) is 11.6 Å². The lowest BCUT2D eigenvalue weighted by Gasteiger charge is -2.16. The Bertz CT molecular complexity index is 973. The highest BCUT2D eigenvalue weighted by Crippen LogP contribution is 2.23. The zero-order valence-electron chi connectivity index (χ0n) is 15.8. The lowest BCUT2D eigenvalue weighted by atomic mass is 10.1. The van der Waals surface area contributed by atoms with Gasteiger partial charge in [0.15, 0.2) is 0 Å². The molecule has 3 aromatic carbocycles. The zero-order valence-corrected chi connectivity index (χ0v) is 16.6. The van der Waals surface area contributed by atoms with Crippen LogP contribution in [-0.2, 0) is 0 Å². The van der Waals surface area contributed by atoms with E-state index in [2.05, 4.69) is 10.6 Å². The maximum Gasteiger partial charge on any atom is 0.256 e. The van der Waals surface area contributed by atoms with Crippen molar-refractivity contribution in [3.05, 3.63) is 95.6 Å². The second-order valence-electron chi connectivity index (χ2n) is 6.31. The molecule has 0 spiro atoms. The Labute approximate surface area is 169 Å². The Kier molecular flexibility index (Phi) is 6.50. The van der Waals surface area contributed by atoms with E-state index in [0.29, 0.717) is 16.8 Å². The third kappa shape index (κ3) is 4.61. The van der Waals surface area contributed by atoms with Crippen LogP contribution in [-0.4, -0.2) is 18.1 Å². The molecular formula is C23H22N2O2S. The summed E-state index contributed by atoms with van der Waals surface area (Å²) in [5.41, 5.74) is 2.52. The second kappa shape index (κ2) is 9.24. The summed E-state index contributed by atoms with van der Waals surface area (Å²) in [6.45, 7) is 1.93. The van der Waals surface area contributed by atoms with Crippen molar-refractivity contribution in [3.8, 4) is 0 Å². The van der Waals surface area contributed by atoms with Crippen LogP contribution >= 0.6 is 11.8 Å². The molecule has 0 bridgehead atoms. The summed E-state index contributed by atoms with van der Waals surface area (Å²) < 4.78 is 0. The predicted octanol–water partition coefficient (Wildman–Crippen LogP) is 5.15. The molecular weight excluding hydrogens is 368 g/mol. The number of anilines is 1. The van der Waals surface area contributed by atoms with Crippen molar-refractivity contribution in [1.29, 1.82) is 0 Å². The topological polar surface area (TPSA) is 58.2 Å². The van der Waals surface area contributed by atoms with Gasteiger partial charge in [-0.1, -0.05) is 54.6 Å². The lowest BCUT2D eigenvalue weighted by molar-refractivity contribution is 0.0941. The van der Waals surface area contributed by atoms with E-state index >= 15 is 0 Å². The van der Waals surface area contributed by atoms with Crippen molar-refractivity contribution < 1.29 is 9.59 Å². The fourth-order valence-corrected chi connectivity index (χ4v) is 3.51. The van der Waals surface area contributed by atoms with Crippen LogP contribution in [0.2, 0.25) is 0 Å². The van der Waals surface area contributed by atoms with Crippen LogP contribution in [0.1, 0.15) is 39.2 Å². The maximum absolute atomic E-state index is 12.8. The fraction of sp³-hybridized carbons (Fsp3) is 0.130. The smallest absolute Gasteiger partial charge is 0.256 e. The van der Waals surface area contributed by atoms with Gasteiger partial charge in [-0.15, -0.1) is 11.8 Å². The minimum absolute atomic E-state index is 0.144. The molecule has 3 aromatic rings. The van der Waals surface area contributed by atoms with E-state index in [9.17, 15) is 9.59 Å². The first-order chi connectivity index (χ1) is 13.6. The molecule has 2 amide bonds. The molecule has 0 radical (unpaired) electrons. The normalized spacial score (nSPS) is 11.5. The van der Waals surface area contributed by atoms with E-state index in [1.54, 1.807) is 30.3 Å². The van der Waals surface area contributed by atoms with Gasteiger partial charge in [-0.25, -0.2) is 0 Å². The van der Waals surface area contributed by atoms with Crippen LogP contribution in [0, 0.1) is 0 Å². The van der Waals surface area contributed by atoms with E-state index in [4.69, 9.17) is 0 Å². The Morgan fingerprint density at radius 3 is 2.11 bits per heavy atom. The molecule has 4 nitrogen and oxygen atoms in total. The van der Waals surface area contributed by atoms with Gasteiger partial charge in [-0.3, -0.25) is 9.59 Å². The van der Waals surface area contributed by atoms with Gasteiger partial charge in [0.25, 0.3) is 11.8 Å². The molecule has 142 valence electrons. The standard InChI is InChI=1S/C23H22N2O2S/c1-16(17-10-4-3-5-11-17)24-22(26)18-12-6-8-14-20(18)25-23(27)19-13-7-9-15-21(19)28-2/h3-16H,1-2H3,(H,24,26)(H,25,27)/t16-/m1/s1. The molecule has 0 saturated heterocycles. The highest BCUT2D eigenvalue weighted by atomic mass is 32.2. The average Bonchev–Trinajstić information content (AvgIpc) is 2.74. The molecule has 0 unspecified atom stereocenters. The Morgan fingerprint density at radius 1 is 0.786 bits per heavy atom. The highest BCUT2D eigenvalue weighted by molar-refractivity contribution is 7.98. The van der Waals surface area contributed by atoms with Gasteiger partial charge in [0.1, 0.15) is 0 Å². The van der Waals surface area contributed by atoms with E-state index in [1.165, 1.54) is 11.8 Å². The third-order valence-corrected chi connectivity index (χ3v) is 5.21. The number of nitrogens with one attached hydrogen (secondary N) is 2. The Morgan fingerprint density at radius 2 is 1.39 bits per heavy atom. The van der Waals surface area contributed by atoms with Crippen molar-refractivity contribution in [2.24, 2.45) is 0 Å². The number of carbonyl (C=O) groups excluding carboxylic acids is 2.